The maximum Gasteiger partial charge on any atom is 0.415 e. The number of ether oxygens (including phenoxy) is 1. The maximum atomic E-state index is 12.2. The van der Waals surface area contributed by atoms with Crippen molar-refractivity contribution in [1.29, 1.82) is 0 Å². The van der Waals surface area contributed by atoms with Gasteiger partial charge in [0.1, 0.15) is 5.75 Å². The smallest absolute Gasteiger partial charge is 0.415 e. The molecule has 1 aliphatic rings. The van der Waals surface area contributed by atoms with Crippen LogP contribution in [0.25, 0.3) is 0 Å². The summed E-state index contributed by atoms with van der Waals surface area (Å²) in [7, 11) is 0. The van der Waals surface area contributed by atoms with Crippen molar-refractivity contribution in [3.8, 4) is 5.75 Å². The van der Waals surface area contributed by atoms with Gasteiger partial charge in [0.05, 0.1) is 6.61 Å². The second-order valence-electron chi connectivity index (χ2n) is 4.65. The summed E-state index contributed by atoms with van der Waals surface area (Å²) in [6, 6.07) is 5.32. The maximum absolute atomic E-state index is 12.2. The average molecular weight is 275 g/mol. The fraction of sp³-hybridized carbons (Fsp3) is 0.538. The van der Waals surface area contributed by atoms with E-state index in [-0.39, 0.29) is 6.04 Å². The lowest BCUT2D eigenvalue weighted by atomic mass is 10.0. The van der Waals surface area contributed by atoms with Gasteiger partial charge >= 0.3 is 6.18 Å². The molecule has 0 fully saturated rings. The number of hydrogen-bond acceptors (Lipinski definition) is 3. The third-order valence-electron chi connectivity index (χ3n) is 3.21. The minimum Gasteiger partial charge on any atom is -0.493 e. The predicted molar refractivity (Wildman–Crippen MR) is 64.1 cm³/mol. The first-order valence-electron chi connectivity index (χ1n) is 6.11. The van der Waals surface area contributed by atoms with Crippen LogP contribution in [0.15, 0.2) is 18.2 Å². The number of halogens is 3. The largest absolute Gasteiger partial charge is 0.493 e. The second-order valence-corrected chi connectivity index (χ2v) is 4.65. The Kier molecular flexibility index (Phi) is 4.01. The van der Waals surface area contributed by atoms with Crippen LogP contribution in [0.3, 0.4) is 0 Å². The Morgan fingerprint density at radius 2 is 2.16 bits per heavy atom. The van der Waals surface area contributed by atoms with Crippen molar-refractivity contribution in [2.75, 3.05) is 13.2 Å². The van der Waals surface area contributed by atoms with Crippen LogP contribution in [-0.4, -0.2) is 30.5 Å². The van der Waals surface area contributed by atoms with Gasteiger partial charge in [-0.05, 0) is 24.1 Å². The van der Waals surface area contributed by atoms with Crippen LogP contribution in [0.2, 0.25) is 0 Å². The van der Waals surface area contributed by atoms with E-state index in [1.165, 1.54) is 0 Å². The molecule has 2 atom stereocenters. The van der Waals surface area contributed by atoms with E-state index in [2.05, 4.69) is 5.32 Å². The molecule has 1 aromatic carbocycles. The number of benzene rings is 1. The highest BCUT2D eigenvalue weighted by molar-refractivity contribution is 5.40. The van der Waals surface area contributed by atoms with Gasteiger partial charge in [-0.25, -0.2) is 0 Å². The summed E-state index contributed by atoms with van der Waals surface area (Å²) >= 11 is 0. The van der Waals surface area contributed by atoms with Crippen LogP contribution in [-0.2, 0) is 6.42 Å². The minimum absolute atomic E-state index is 0.261. The van der Waals surface area contributed by atoms with Gasteiger partial charge in [-0.3, -0.25) is 0 Å². The summed E-state index contributed by atoms with van der Waals surface area (Å²) in [6.45, 7) is 1.90. The van der Waals surface area contributed by atoms with Gasteiger partial charge < -0.3 is 15.2 Å². The van der Waals surface area contributed by atoms with Crippen molar-refractivity contribution >= 4 is 0 Å². The van der Waals surface area contributed by atoms with E-state index < -0.39 is 18.8 Å². The van der Waals surface area contributed by atoms with Crippen LogP contribution < -0.4 is 10.1 Å². The number of aliphatic hydroxyl groups excluding tert-OH is 1. The highest BCUT2D eigenvalue weighted by atomic mass is 19.4. The summed E-state index contributed by atoms with van der Waals surface area (Å²) in [6.07, 6.45) is -6.10. The molecule has 19 heavy (non-hydrogen) atoms. The van der Waals surface area contributed by atoms with E-state index in [4.69, 9.17) is 9.84 Å². The summed E-state index contributed by atoms with van der Waals surface area (Å²) in [5, 5.41) is 11.6. The van der Waals surface area contributed by atoms with Crippen molar-refractivity contribution in [2.24, 2.45) is 0 Å². The van der Waals surface area contributed by atoms with E-state index in [0.717, 1.165) is 23.3 Å². The Balaban J connectivity index is 1.95. The van der Waals surface area contributed by atoms with Gasteiger partial charge in [0.25, 0.3) is 0 Å². The molecule has 106 valence electrons. The molecule has 0 saturated heterocycles. The van der Waals surface area contributed by atoms with Crippen molar-refractivity contribution in [2.45, 2.75) is 31.7 Å². The van der Waals surface area contributed by atoms with Crippen LogP contribution in [0.4, 0.5) is 13.2 Å². The molecule has 0 radical (unpaired) electrons. The zero-order chi connectivity index (χ0) is 14.0. The van der Waals surface area contributed by atoms with Crippen molar-refractivity contribution < 1.29 is 23.0 Å². The molecule has 0 bridgehead atoms. The number of hydrogen-bond donors (Lipinski definition) is 2. The summed E-state index contributed by atoms with van der Waals surface area (Å²) in [5.41, 5.74) is 1.96. The van der Waals surface area contributed by atoms with Gasteiger partial charge in [0.2, 0.25) is 0 Å². The van der Waals surface area contributed by atoms with Crippen LogP contribution in [0, 0.1) is 0 Å². The Hall–Kier alpha value is -1.27. The number of rotatable bonds is 4. The summed E-state index contributed by atoms with van der Waals surface area (Å²) in [4.78, 5) is 0. The van der Waals surface area contributed by atoms with Gasteiger partial charge in [0.15, 0.2) is 6.10 Å². The molecule has 0 spiro atoms. The third kappa shape index (κ3) is 3.39. The highest BCUT2D eigenvalue weighted by Crippen LogP contribution is 2.28. The van der Waals surface area contributed by atoms with Gasteiger partial charge in [0, 0.05) is 19.0 Å². The van der Waals surface area contributed by atoms with E-state index in [0.29, 0.717) is 6.61 Å². The first-order chi connectivity index (χ1) is 8.88. The predicted octanol–water partition coefficient (Wildman–Crippen LogP) is 2.20. The topological polar surface area (TPSA) is 41.5 Å². The van der Waals surface area contributed by atoms with Crippen LogP contribution in [0.5, 0.6) is 5.75 Å². The lowest BCUT2D eigenvalue weighted by Crippen LogP contribution is -2.39. The number of nitrogens with one attached hydrogen (secondary N) is 1. The van der Waals surface area contributed by atoms with E-state index in [1.54, 1.807) is 6.92 Å². The first kappa shape index (κ1) is 14.1. The number of aliphatic hydroxyl groups is 1. The minimum atomic E-state index is -4.58. The zero-order valence-corrected chi connectivity index (χ0v) is 10.5. The van der Waals surface area contributed by atoms with Crippen LogP contribution in [0.1, 0.15) is 24.1 Å². The SMILES string of the molecule is CC(NCC(O)C(F)(F)F)c1ccc2c(c1)CCO2. The lowest BCUT2D eigenvalue weighted by molar-refractivity contribution is -0.202. The molecule has 0 saturated carbocycles. The molecule has 2 unspecified atom stereocenters. The Labute approximate surface area is 109 Å². The average Bonchev–Trinajstić information content (AvgIpc) is 2.81. The standard InChI is InChI=1S/C13H16F3NO2/c1-8(17-7-12(18)13(14,15)16)9-2-3-11-10(6-9)4-5-19-11/h2-3,6,8,12,17-18H,4-5,7H2,1H3. The van der Waals surface area contributed by atoms with Crippen molar-refractivity contribution in [3.05, 3.63) is 29.3 Å². The van der Waals surface area contributed by atoms with Crippen LogP contribution >= 0.6 is 0 Å². The molecule has 0 amide bonds. The molecule has 3 nitrogen and oxygen atoms in total. The van der Waals surface area contributed by atoms with E-state index in [1.807, 2.05) is 18.2 Å². The highest BCUT2D eigenvalue weighted by Gasteiger charge is 2.37. The normalized spacial score (nSPS) is 17.7. The summed E-state index contributed by atoms with van der Waals surface area (Å²) in [5.74, 6) is 0.839. The fourth-order valence-electron chi connectivity index (χ4n) is 2.00. The quantitative estimate of drug-likeness (QED) is 0.885. The second kappa shape index (κ2) is 5.38. The Bertz CT molecular complexity index is 448. The molecule has 0 aliphatic carbocycles. The molecule has 0 aromatic heterocycles. The van der Waals surface area contributed by atoms with Gasteiger partial charge in [-0.1, -0.05) is 12.1 Å². The molecule has 1 heterocycles. The number of alkyl halides is 3. The molecule has 1 aliphatic heterocycles. The molecule has 2 N–H and O–H groups in total. The van der Waals surface area contributed by atoms with Crippen molar-refractivity contribution in [3.63, 3.8) is 0 Å². The third-order valence-corrected chi connectivity index (χ3v) is 3.21. The summed E-state index contributed by atoms with van der Waals surface area (Å²) < 4.78 is 41.9. The molecular weight excluding hydrogens is 259 g/mol. The number of fused-ring (bicyclic) bond motifs is 1. The lowest BCUT2D eigenvalue weighted by Gasteiger charge is -2.19. The van der Waals surface area contributed by atoms with Crippen molar-refractivity contribution in [1.82, 2.24) is 5.32 Å². The molecular formula is C13H16F3NO2. The monoisotopic (exact) mass is 275 g/mol. The Morgan fingerprint density at radius 1 is 1.42 bits per heavy atom. The molecule has 6 heteroatoms. The first-order valence-corrected chi connectivity index (χ1v) is 6.11. The fourth-order valence-corrected chi connectivity index (χ4v) is 2.00. The zero-order valence-electron chi connectivity index (χ0n) is 10.5. The Morgan fingerprint density at radius 3 is 2.84 bits per heavy atom. The van der Waals surface area contributed by atoms with E-state index >= 15 is 0 Å². The van der Waals surface area contributed by atoms with Gasteiger partial charge in [-0.15, -0.1) is 0 Å². The molecule has 1 aromatic rings. The van der Waals surface area contributed by atoms with E-state index in [9.17, 15) is 13.2 Å². The molecule has 2 rings (SSSR count). The van der Waals surface area contributed by atoms with Gasteiger partial charge in [-0.2, -0.15) is 13.2 Å².